The van der Waals surface area contributed by atoms with Gasteiger partial charge < -0.3 is 0 Å². The molecular weight excluding hydrogens is 144 g/mol. The zero-order chi connectivity index (χ0) is 7.23. The van der Waals surface area contributed by atoms with Crippen molar-refractivity contribution in [3.05, 3.63) is 0 Å². The number of nitrogens with one attached hydrogen (secondary N) is 1. The molecule has 0 aliphatic carbocycles. The van der Waals surface area contributed by atoms with Crippen LogP contribution in [0.25, 0.3) is 0 Å². The summed E-state index contributed by atoms with van der Waals surface area (Å²) in [5.41, 5.74) is 2.74. The number of thioether (sulfide) groups is 1. The van der Waals surface area contributed by atoms with Crippen LogP contribution in [0.3, 0.4) is 0 Å². The zero-order valence-electron chi connectivity index (χ0n) is 6.31. The van der Waals surface area contributed by atoms with Crippen LogP contribution < -0.4 is 11.3 Å². The molecule has 60 valence electrons. The molecule has 1 unspecified atom stereocenters. The third-order valence-electron chi connectivity index (χ3n) is 1.87. The van der Waals surface area contributed by atoms with Crippen molar-refractivity contribution >= 4 is 11.8 Å². The van der Waals surface area contributed by atoms with Gasteiger partial charge in [0.1, 0.15) is 0 Å². The molecule has 0 radical (unpaired) electrons. The van der Waals surface area contributed by atoms with Gasteiger partial charge in [-0.1, -0.05) is 12.8 Å². The molecular formula is C7H16N2S. The summed E-state index contributed by atoms with van der Waals surface area (Å²) in [5.74, 6) is 6.57. The Balaban J connectivity index is 2.15. The van der Waals surface area contributed by atoms with Gasteiger partial charge in [-0.25, -0.2) is 0 Å². The van der Waals surface area contributed by atoms with Crippen molar-refractivity contribution < 1.29 is 0 Å². The van der Waals surface area contributed by atoms with E-state index < -0.39 is 0 Å². The molecule has 1 fully saturated rings. The normalized spacial score (nSPS) is 27.9. The Bertz CT molecular complexity index is 79.7. The topological polar surface area (TPSA) is 38.0 Å². The van der Waals surface area contributed by atoms with Crippen molar-refractivity contribution in [2.24, 2.45) is 5.84 Å². The molecule has 0 bridgehead atoms. The Morgan fingerprint density at radius 2 is 2.30 bits per heavy atom. The van der Waals surface area contributed by atoms with Gasteiger partial charge in [-0.05, 0) is 18.6 Å². The van der Waals surface area contributed by atoms with Crippen molar-refractivity contribution in [2.45, 2.75) is 30.9 Å². The fraction of sp³-hybridized carbons (Fsp3) is 1.00. The van der Waals surface area contributed by atoms with E-state index in [1.165, 1.54) is 31.4 Å². The van der Waals surface area contributed by atoms with Gasteiger partial charge in [0.25, 0.3) is 0 Å². The highest BCUT2D eigenvalue weighted by Crippen LogP contribution is 2.23. The minimum atomic E-state index is 0.771. The van der Waals surface area contributed by atoms with Gasteiger partial charge in [0.2, 0.25) is 0 Å². The fourth-order valence-corrected chi connectivity index (χ4v) is 2.53. The molecule has 0 aromatic heterocycles. The van der Waals surface area contributed by atoms with E-state index in [-0.39, 0.29) is 0 Å². The van der Waals surface area contributed by atoms with Crippen LogP contribution in [-0.4, -0.2) is 17.5 Å². The Morgan fingerprint density at radius 1 is 1.40 bits per heavy atom. The van der Waals surface area contributed by atoms with E-state index in [1.807, 2.05) is 0 Å². The molecule has 1 rings (SSSR count). The molecule has 0 spiro atoms. The van der Waals surface area contributed by atoms with Gasteiger partial charge >= 0.3 is 0 Å². The minimum Gasteiger partial charge on any atom is -0.271 e. The third kappa shape index (κ3) is 2.90. The minimum absolute atomic E-state index is 0.771. The van der Waals surface area contributed by atoms with Crippen LogP contribution in [0, 0.1) is 0 Å². The summed E-state index contributed by atoms with van der Waals surface area (Å²) < 4.78 is 0. The van der Waals surface area contributed by atoms with Gasteiger partial charge in [-0.2, -0.15) is 11.8 Å². The molecule has 1 heterocycles. The first-order chi connectivity index (χ1) is 4.93. The second kappa shape index (κ2) is 4.99. The van der Waals surface area contributed by atoms with E-state index in [9.17, 15) is 0 Å². The lowest BCUT2D eigenvalue weighted by Crippen LogP contribution is -2.30. The predicted molar refractivity (Wildman–Crippen MR) is 46.9 cm³/mol. The number of hydrogen-bond donors (Lipinski definition) is 2. The Kier molecular flexibility index (Phi) is 4.18. The van der Waals surface area contributed by atoms with Crippen molar-refractivity contribution in [2.75, 3.05) is 12.3 Å². The van der Waals surface area contributed by atoms with E-state index in [2.05, 4.69) is 17.2 Å². The molecule has 1 atom stereocenters. The second-order valence-electron chi connectivity index (χ2n) is 2.75. The predicted octanol–water partition coefficient (Wildman–Crippen LogP) is 1.13. The van der Waals surface area contributed by atoms with Crippen LogP contribution >= 0.6 is 11.8 Å². The average Bonchev–Trinajstić information content (AvgIpc) is 2.17. The Morgan fingerprint density at radius 3 is 3.10 bits per heavy atom. The maximum absolute atomic E-state index is 5.25. The van der Waals surface area contributed by atoms with E-state index in [0.29, 0.717) is 0 Å². The first-order valence-corrected chi connectivity index (χ1v) is 5.03. The van der Waals surface area contributed by atoms with E-state index >= 15 is 0 Å². The van der Waals surface area contributed by atoms with Crippen molar-refractivity contribution in [3.63, 3.8) is 0 Å². The van der Waals surface area contributed by atoms with Crippen LogP contribution in [0.5, 0.6) is 0 Å². The molecule has 1 aliphatic heterocycles. The highest BCUT2D eigenvalue weighted by molar-refractivity contribution is 7.99. The van der Waals surface area contributed by atoms with Crippen molar-refractivity contribution in [1.82, 2.24) is 5.43 Å². The standard InChI is InChI=1S/C7H16N2S/c8-9-6-7-4-2-1-3-5-10-7/h7,9H,1-6,8H2. The summed E-state index contributed by atoms with van der Waals surface area (Å²) in [6, 6.07) is 0. The zero-order valence-corrected chi connectivity index (χ0v) is 7.12. The molecule has 1 aliphatic rings. The third-order valence-corrected chi connectivity index (χ3v) is 3.27. The van der Waals surface area contributed by atoms with Gasteiger partial charge in [-0.3, -0.25) is 11.3 Å². The van der Waals surface area contributed by atoms with Crippen molar-refractivity contribution in [3.8, 4) is 0 Å². The lowest BCUT2D eigenvalue weighted by molar-refractivity contribution is 0.622. The van der Waals surface area contributed by atoms with Crippen molar-refractivity contribution in [1.29, 1.82) is 0 Å². The molecule has 3 N–H and O–H groups in total. The monoisotopic (exact) mass is 160 g/mol. The molecule has 0 aromatic rings. The molecule has 0 saturated carbocycles. The SMILES string of the molecule is NNCC1CCCCCS1. The molecule has 2 nitrogen and oxygen atoms in total. The number of nitrogens with two attached hydrogens (primary N) is 1. The van der Waals surface area contributed by atoms with Crippen LogP contribution in [0.15, 0.2) is 0 Å². The van der Waals surface area contributed by atoms with E-state index in [4.69, 9.17) is 5.84 Å². The van der Waals surface area contributed by atoms with Gasteiger partial charge in [-0.15, -0.1) is 0 Å². The lowest BCUT2D eigenvalue weighted by Gasteiger charge is -2.11. The molecule has 0 amide bonds. The fourth-order valence-electron chi connectivity index (χ4n) is 1.28. The van der Waals surface area contributed by atoms with Gasteiger partial charge in [0.05, 0.1) is 0 Å². The van der Waals surface area contributed by atoms with E-state index in [1.54, 1.807) is 0 Å². The van der Waals surface area contributed by atoms with Crippen LogP contribution in [-0.2, 0) is 0 Å². The highest BCUT2D eigenvalue weighted by atomic mass is 32.2. The maximum Gasteiger partial charge on any atom is 0.0217 e. The second-order valence-corrected chi connectivity index (χ2v) is 4.16. The largest absolute Gasteiger partial charge is 0.271 e. The lowest BCUT2D eigenvalue weighted by atomic mass is 10.1. The number of hydrogen-bond acceptors (Lipinski definition) is 3. The summed E-state index contributed by atoms with van der Waals surface area (Å²) in [5, 5.41) is 0.771. The highest BCUT2D eigenvalue weighted by Gasteiger charge is 2.10. The first kappa shape index (κ1) is 8.37. The Labute approximate surface area is 66.9 Å². The van der Waals surface area contributed by atoms with Gasteiger partial charge in [0.15, 0.2) is 0 Å². The smallest absolute Gasteiger partial charge is 0.0217 e. The summed E-state index contributed by atoms with van der Waals surface area (Å²) in [6.45, 7) is 0.977. The quantitative estimate of drug-likeness (QED) is 0.470. The Hall–Kier alpha value is 0.270. The average molecular weight is 160 g/mol. The summed E-state index contributed by atoms with van der Waals surface area (Å²) >= 11 is 2.07. The first-order valence-electron chi connectivity index (χ1n) is 3.98. The number of hydrazine groups is 1. The summed E-state index contributed by atoms with van der Waals surface area (Å²) in [6.07, 6.45) is 5.54. The van der Waals surface area contributed by atoms with Crippen LogP contribution in [0.1, 0.15) is 25.7 Å². The summed E-state index contributed by atoms with van der Waals surface area (Å²) in [7, 11) is 0. The number of rotatable bonds is 2. The molecule has 10 heavy (non-hydrogen) atoms. The van der Waals surface area contributed by atoms with E-state index in [0.717, 1.165) is 11.8 Å². The maximum atomic E-state index is 5.25. The molecule has 0 aromatic carbocycles. The van der Waals surface area contributed by atoms with Gasteiger partial charge in [0, 0.05) is 11.8 Å². The van der Waals surface area contributed by atoms with Crippen LogP contribution in [0.4, 0.5) is 0 Å². The molecule has 3 heteroatoms. The molecule has 1 saturated heterocycles. The van der Waals surface area contributed by atoms with Crippen LogP contribution in [0.2, 0.25) is 0 Å². The summed E-state index contributed by atoms with van der Waals surface area (Å²) in [4.78, 5) is 0.